The van der Waals surface area contributed by atoms with E-state index < -0.39 is 5.54 Å². The molecule has 0 amide bonds. The molecule has 0 bridgehead atoms. The van der Waals surface area contributed by atoms with Gasteiger partial charge in [-0.3, -0.25) is 9.78 Å². The number of ketones is 1. The average Bonchev–Trinajstić information content (AvgIpc) is 2.99. The summed E-state index contributed by atoms with van der Waals surface area (Å²) < 4.78 is 0. The molecule has 1 aliphatic rings. The van der Waals surface area contributed by atoms with Crippen LogP contribution in [0.4, 0.5) is 0 Å². The van der Waals surface area contributed by atoms with Crippen LogP contribution in [0.1, 0.15) is 35.7 Å². The minimum Gasteiger partial charge on any atom is -0.319 e. The van der Waals surface area contributed by atoms with Crippen LogP contribution in [0.3, 0.4) is 0 Å². The average molecular weight is 204 g/mol. The Kier molecular flexibility index (Phi) is 2.35. The van der Waals surface area contributed by atoms with Gasteiger partial charge in [0.15, 0.2) is 5.78 Å². The lowest BCUT2D eigenvalue weighted by Gasteiger charge is -2.22. The first-order chi connectivity index (χ1) is 7.01. The van der Waals surface area contributed by atoms with Gasteiger partial charge >= 0.3 is 0 Å². The number of aromatic nitrogens is 1. The van der Waals surface area contributed by atoms with Crippen molar-refractivity contribution >= 4 is 5.78 Å². The lowest BCUT2D eigenvalue weighted by Crippen LogP contribution is -2.47. The van der Waals surface area contributed by atoms with E-state index in [-0.39, 0.29) is 5.78 Å². The van der Waals surface area contributed by atoms with Crippen LogP contribution in [0.5, 0.6) is 0 Å². The van der Waals surface area contributed by atoms with Crippen LogP contribution >= 0.6 is 0 Å². The second-order valence-corrected chi connectivity index (χ2v) is 4.64. The Labute approximate surface area is 89.7 Å². The lowest BCUT2D eigenvalue weighted by atomic mass is 9.88. The first-order valence-electron chi connectivity index (χ1n) is 5.27. The molecule has 0 saturated heterocycles. The number of nitrogens with two attached hydrogens (primary N) is 1. The van der Waals surface area contributed by atoms with Gasteiger partial charge in [-0.1, -0.05) is 0 Å². The fraction of sp³-hybridized carbons (Fsp3) is 0.500. The van der Waals surface area contributed by atoms with Crippen LogP contribution < -0.4 is 5.73 Å². The zero-order valence-corrected chi connectivity index (χ0v) is 9.16. The lowest BCUT2D eigenvalue weighted by molar-refractivity contribution is 0.0883. The van der Waals surface area contributed by atoms with Gasteiger partial charge < -0.3 is 5.73 Å². The molecule has 1 unspecified atom stereocenters. The minimum atomic E-state index is -0.713. The highest BCUT2D eigenvalue weighted by atomic mass is 16.1. The van der Waals surface area contributed by atoms with Crippen molar-refractivity contribution in [3.63, 3.8) is 0 Å². The summed E-state index contributed by atoms with van der Waals surface area (Å²) >= 11 is 0. The van der Waals surface area contributed by atoms with Crippen molar-refractivity contribution in [2.75, 3.05) is 0 Å². The minimum absolute atomic E-state index is 0.0150. The third-order valence-electron chi connectivity index (χ3n) is 3.05. The van der Waals surface area contributed by atoms with Crippen molar-refractivity contribution in [1.82, 2.24) is 4.98 Å². The summed E-state index contributed by atoms with van der Waals surface area (Å²) in [5.74, 6) is 0.367. The van der Waals surface area contributed by atoms with Gasteiger partial charge in [0.1, 0.15) is 0 Å². The number of pyridine rings is 1. The molecule has 3 nitrogen and oxygen atoms in total. The van der Waals surface area contributed by atoms with Gasteiger partial charge in [-0.25, -0.2) is 0 Å². The smallest absolute Gasteiger partial charge is 0.184 e. The van der Waals surface area contributed by atoms with Crippen LogP contribution in [0.25, 0.3) is 0 Å². The molecule has 2 rings (SSSR count). The third kappa shape index (κ3) is 1.92. The molecule has 15 heavy (non-hydrogen) atoms. The summed E-state index contributed by atoms with van der Waals surface area (Å²) in [6.07, 6.45) is 5.47. The van der Waals surface area contributed by atoms with Crippen molar-refractivity contribution in [3.8, 4) is 0 Å². The molecule has 0 spiro atoms. The molecule has 3 heteroatoms. The Hall–Kier alpha value is -1.22. The van der Waals surface area contributed by atoms with E-state index in [4.69, 9.17) is 5.73 Å². The number of carbonyl (C=O) groups excluding carboxylic acids is 1. The van der Waals surface area contributed by atoms with Gasteiger partial charge in [-0.2, -0.15) is 0 Å². The van der Waals surface area contributed by atoms with E-state index in [0.717, 1.165) is 18.4 Å². The van der Waals surface area contributed by atoms with Gasteiger partial charge in [-0.05, 0) is 44.2 Å². The zero-order valence-electron chi connectivity index (χ0n) is 9.16. The molecule has 80 valence electrons. The maximum Gasteiger partial charge on any atom is 0.184 e. The number of rotatable bonds is 3. The fourth-order valence-corrected chi connectivity index (χ4v) is 1.86. The van der Waals surface area contributed by atoms with E-state index in [2.05, 4.69) is 4.98 Å². The SMILES string of the molecule is Cc1cncc(C(=O)C(C)(N)C2CC2)c1. The highest BCUT2D eigenvalue weighted by Gasteiger charge is 2.44. The second kappa shape index (κ2) is 3.42. The van der Waals surface area contributed by atoms with Gasteiger partial charge in [0.2, 0.25) is 0 Å². The van der Waals surface area contributed by atoms with E-state index in [1.165, 1.54) is 0 Å². The fourth-order valence-electron chi connectivity index (χ4n) is 1.86. The Balaban J connectivity index is 2.27. The summed E-state index contributed by atoms with van der Waals surface area (Å²) in [4.78, 5) is 16.2. The Morgan fingerprint density at radius 3 is 2.73 bits per heavy atom. The maximum atomic E-state index is 12.1. The number of carbonyl (C=O) groups is 1. The van der Waals surface area contributed by atoms with Crippen LogP contribution in [0.15, 0.2) is 18.5 Å². The number of hydrogen-bond donors (Lipinski definition) is 1. The summed E-state index contributed by atoms with van der Waals surface area (Å²) in [5, 5.41) is 0. The van der Waals surface area contributed by atoms with Gasteiger partial charge in [0.25, 0.3) is 0 Å². The topological polar surface area (TPSA) is 56.0 Å². The van der Waals surface area contributed by atoms with E-state index in [0.29, 0.717) is 11.5 Å². The van der Waals surface area contributed by atoms with Crippen molar-refractivity contribution in [1.29, 1.82) is 0 Å². The van der Waals surface area contributed by atoms with Crippen LogP contribution in [0, 0.1) is 12.8 Å². The molecular formula is C12H16N2O. The number of nitrogens with zero attached hydrogens (tertiary/aromatic N) is 1. The van der Waals surface area contributed by atoms with E-state index >= 15 is 0 Å². The van der Waals surface area contributed by atoms with Crippen molar-refractivity contribution in [3.05, 3.63) is 29.6 Å². The number of aryl methyl sites for hydroxylation is 1. The monoisotopic (exact) mass is 204 g/mol. The molecule has 1 aromatic rings. The molecule has 2 N–H and O–H groups in total. The summed E-state index contributed by atoms with van der Waals surface area (Å²) in [5.41, 5.74) is 6.98. The van der Waals surface area contributed by atoms with E-state index in [1.54, 1.807) is 12.4 Å². The van der Waals surface area contributed by atoms with Crippen LogP contribution in [0.2, 0.25) is 0 Å². The third-order valence-corrected chi connectivity index (χ3v) is 3.05. The van der Waals surface area contributed by atoms with Crippen LogP contribution in [-0.2, 0) is 0 Å². The Bertz CT molecular complexity index is 394. The van der Waals surface area contributed by atoms with Crippen molar-refractivity contribution in [2.45, 2.75) is 32.2 Å². The molecule has 1 aromatic heterocycles. The summed E-state index contributed by atoms with van der Waals surface area (Å²) in [7, 11) is 0. The molecule has 0 radical (unpaired) electrons. The van der Waals surface area contributed by atoms with Gasteiger partial charge in [0, 0.05) is 18.0 Å². The zero-order chi connectivity index (χ0) is 11.1. The molecule has 1 heterocycles. The summed E-state index contributed by atoms with van der Waals surface area (Å²) in [6, 6.07) is 1.85. The van der Waals surface area contributed by atoms with E-state index in [9.17, 15) is 4.79 Å². The largest absolute Gasteiger partial charge is 0.319 e. The quantitative estimate of drug-likeness (QED) is 0.762. The van der Waals surface area contributed by atoms with E-state index in [1.807, 2.05) is 19.9 Å². The first-order valence-corrected chi connectivity index (χ1v) is 5.27. The Morgan fingerprint density at radius 2 is 2.20 bits per heavy atom. The molecule has 0 aromatic carbocycles. The predicted molar refractivity (Wildman–Crippen MR) is 58.6 cm³/mol. The molecule has 0 aliphatic heterocycles. The normalized spacial score (nSPS) is 19.7. The Morgan fingerprint density at radius 1 is 1.53 bits per heavy atom. The van der Waals surface area contributed by atoms with Crippen LogP contribution in [-0.4, -0.2) is 16.3 Å². The number of hydrogen-bond acceptors (Lipinski definition) is 3. The molecule has 1 aliphatic carbocycles. The molecule has 1 atom stereocenters. The van der Waals surface area contributed by atoms with Gasteiger partial charge in [0.05, 0.1) is 5.54 Å². The number of Topliss-reactive ketones (excluding diaryl/α,β-unsaturated/α-hetero) is 1. The predicted octanol–water partition coefficient (Wildman–Crippen LogP) is 1.70. The summed E-state index contributed by atoms with van der Waals surface area (Å²) in [6.45, 7) is 3.75. The maximum absolute atomic E-state index is 12.1. The van der Waals surface area contributed by atoms with Crippen molar-refractivity contribution in [2.24, 2.45) is 11.7 Å². The molecular weight excluding hydrogens is 188 g/mol. The standard InChI is InChI=1S/C12H16N2O/c1-8-5-9(7-14-6-8)11(15)12(2,13)10-3-4-10/h5-7,10H,3-4,13H2,1-2H3. The first kappa shape index (κ1) is 10.3. The van der Waals surface area contributed by atoms with Crippen molar-refractivity contribution < 1.29 is 4.79 Å². The molecule has 1 saturated carbocycles. The highest BCUT2D eigenvalue weighted by Crippen LogP contribution is 2.39. The van der Waals surface area contributed by atoms with Gasteiger partial charge in [-0.15, -0.1) is 0 Å². The molecule has 1 fully saturated rings. The second-order valence-electron chi connectivity index (χ2n) is 4.64. The highest BCUT2D eigenvalue weighted by molar-refractivity contribution is 6.03.